The fourth-order valence-electron chi connectivity index (χ4n) is 1.28. The summed E-state index contributed by atoms with van der Waals surface area (Å²) in [4.78, 5) is 11.6. The van der Waals surface area contributed by atoms with Crippen LogP contribution in [0.4, 0.5) is 13.2 Å². The van der Waals surface area contributed by atoms with E-state index in [4.69, 9.17) is 5.11 Å². The van der Waals surface area contributed by atoms with Gasteiger partial charge >= 0.3 is 6.18 Å². The van der Waals surface area contributed by atoms with E-state index in [1.165, 1.54) is 19.1 Å². The van der Waals surface area contributed by atoms with Crippen molar-refractivity contribution in [3.63, 3.8) is 0 Å². The van der Waals surface area contributed by atoms with Gasteiger partial charge in [0.05, 0.1) is 17.7 Å². The minimum absolute atomic E-state index is 0.333. The van der Waals surface area contributed by atoms with E-state index in [1.807, 2.05) is 0 Å². The summed E-state index contributed by atoms with van der Waals surface area (Å²) in [5, 5.41) is 11.0. The number of halogens is 3. The number of rotatable bonds is 3. The quantitative estimate of drug-likeness (QED) is 0.855. The summed E-state index contributed by atoms with van der Waals surface area (Å²) in [5.41, 5.74) is -1.43. The summed E-state index contributed by atoms with van der Waals surface area (Å²) in [6, 6.07) is 3.92. The van der Waals surface area contributed by atoms with Crippen molar-refractivity contribution >= 4 is 5.91 Å². The summed E-state index contributed by atoms with van der Waals surface area (Å²) in [6.45, 7) is 1.16. The molecule has 1 atom stereocenters. The van der Waals surface area contributed by atoms with Crippen LogP contribution < -0.4 is 5.32 Å². The van der Waals surface area contributed by atoms with Crippen LogP contribution in [-0.2, 0) is 6.18 Å². The first-order chi connectivity index (χ1) is 7.86. The molecule has 2 N–H and O–H groups in total. The zero-order valence-electron chi connectivity index (χ0n) is 9.08. The first-order valence-corrected chi connectivity index (χ1v) is 4.94. The smallest absolute Gasteiger partial charge is 0.394 e. The van der Waals surface area contributed by atoms with Gasteiger partial charge in [-0.15, -0.1) is 0 Å². The Balaban J connectivity index is 3.02. The lowest BCUT2D eigenvalue weighted by Gasteiger charge is -2.15. The fraction of sp³-hybridized carbons (Fsp3) is 0.364. The van der Waals surface area contributed by atoms with E-state index >= 15 is 0 Å². The fourth-order valence-corrected chi connectivity index (χ4v) is 1.28. The molecule has 0 bridgehead atoms. The van der Waals surface area contributed by atoms with Gasteiger partial charge < -0.3 is 10.4 Å². The van der Waals surface area contributed by atoms with Crippen LogP contribution in [-0.4, -0.2) is 23.7 Å². The van der Waals surface area contributed by atoms with Crippen LogP contribution in [0.25, 0.3) is 0 Å². The highest BCUT2D eigenvalue weighted by Crippen LogP contribution is 2.31. The van der Waals surface area contributed by atoms with Crippen LogP contribution in [0.3, 0.4) is 0 Å². The average molecular weight is 247 g/mol. The number of aliphatic hydroxyl groups is 1. The molecule has 0 aliphatic rings. The molecule has 0 aliphatic heterocycles. The van der Waals surface area contributed by atoms with E-state index in [0.717, 1.165) is 12.1 Å². The summed E-state index contributed by atoms with van der Waals surface area (Å²) in [6.07, 6.45) is -4.57. The second-order valence-electron chi connectivity index (χ2n) is 3.60. The Labute approximate surface area is 96.3 Å². The normalized spacial score (nSPS) is 13.2. The molecule has 3 nitrogen and oxygen atoms in total. The van der Waals surface area contributed by atoms with E-state index in [1.54, 1.807) is 0 Å². The number of aliphatic hydroxyl groups excluding tert-OH is 1. The van der Waals surface area contributed by atoms with Gasteiger partial charge in [-0.25, -0.2) is 0 Å². The number of hydrogen-bond donors (Lipinski definition) is 2. The Kier molecular flexibility index (Phi) is 4.11. The average Bonchev–Trinajstić information content (AvgIpc) is 2.27. The predicted octanol–water partition coefficient (Wildman–Crippen LogP) is 1.82. The van der Waals surface area contributed by atoms with Crippen LogP contribution >= 0.6 is 0 Å². The molecule has 94 valence electrons. The lowest BCUT2D eigenvalue weighted by atomic mass is 10.1. The minimum Gasteiger partial charge on any atom is -0.394 e. The van der Waals surface area contributed by atoms with E-state index < -0.39 is 29.3 Å². The molecular weight excluding hydrogens is 235 g/mol. The maximum Gasteiger partial charge on any atom is 0.417 e. The van der Waals surface area contributed by atoms with Crippen LogP contribution in [0.5, 0.6) is 0 Å². The molecule has 0 spiro atoms. The second kappa shape index (κ2) is 5.18. The van der Waals surface area contributed by atoms with Crippen molar-refractivity contribution in [2.45, 2.75) is 19.1 Å². The highest BCUT2D eigenvalue weighted by Gasteiger charge is 2.34. The molecule has 17 heavy (non-hydrogen) atoms. The largest absolute Gasteiger partial charge is 0.417 e. The molecule has 1 aromatic carbocycles. The Morgan fingerprint density at radius 1 is 1.41 bits per heavy atom. The van der Waals surface area contributed by atoms with Crippen molar-refractivity contribution in [2.24, 2.45) is 0 Å². The van der Waals surface area contributed by atoms with Crippen molar-refractivity contribution in [1.29, 1.82) is 0 Å². The number of alkyl halides is 3. The van der Waals surface area contributed by atoms with E-state index in [-0.39, 0.29) is 6.61 Å². The number of benzene rings is 1. The standard InChI is InChI=1S/C11H12F3NO2/c1-7(6-16)15-10(17)8-4-2-3-5-9(8)11(12,13)14/h2-5,7,16H,6H2,1H3,(H,15,17)/t7-/m1/s1. The van der Waals surface area contributed by atoms with Gasteiger partial charge in [0.2, 0.25) is 0 Å². The minimum atomic E-state index is -4.57. The third kappa shape index (κ3) is 3.45. The van der Waals surface area contributed by atoms with Gasteiger partial charge in [0, 0.05) is 6.04 Å². The number of carbonyl (C=O) groups excluding carboxylic acids is 1. The SMILES string of the molecule is C[C@H](CO)NC(=O)c1ccccc1C(F)(F)F. The molecule has 6 heteroatoms. The van der Waals surface area contributed by atoms with Crippen molar-refractivity contribution in [1.82, 2.24) is 5.32 Å². The number of hydrogen-bond acceptors (Lipinski definition) is 2. The lowest BCUT2D eigenvalue weighted by molar-refractivity contribution is -0.137. The van der Waals surface area contributed by atoms with Gasteiger partial charge in [0.25, 0.3) is 5.91 Å². The van der Waals surface area contributed by atoms with Crippen molar-refractivity contribution < 1.29 is 23.1 Å². The third-order valence-corrected chi connectivity index (χ3v) is 2.13. The van der Waals surface area contributed by atoms with Gasteiger partial charge in [-0.1, -0.05) is 12.1 Å². The molecule has 0 unspecified atom stereocenters. The Hall–Kier alpha value is -1.56. The molecule has 1 amide bonds. The van der Waals surface area contributed by atoms with Gasteiger partial charge in [-0.2, -0.15) is 13.2 Å². The zero-order valence-corrected chi connectivity index (χ0v) is 9.08. The predicted molar refractivity (Wildman–Crippen MR) is 55.5 cm³/mol. The molecule has 0 heterocycles. The molecule has 1 aromatic rings. The summed E-state index contributed by atoms with van der Waals surface area (Å²) >= 11 is 0. The second-order valence-corrected chi connectivity index (χ2v) is 3.60. The first-order valence-electron chi connectivity index (χ1n) is 4.94. The highest BCUT2D eigenvalue weighted by atomic mass is 19.4. The van der Waals surface area contributed by atoms with E-state index in [0.29, 0.717) is 0 Å². The monoisotopic (exact) mass is 247 g/mol. The van der Waals surface area contributed by atoms with Gasteiger partial charge in [-0.3, -0.25) is 4.79 Å². The lowest BCUT2D eigenvalue weighted by Crippen LogP contribution is -2.36. The molecule has 0 fully saturated rings. The zero-order chi connectivity index (χ0) is 13.1. The Morgan fingerprint density at radius 2 is 2.00 bits per heavy atom. The molecule has 1 rings (SSSR count). The topological polar surface area (TPSA) is 49.3 Å². The number of carbonyl (C=O) groups is 1. The van der Waals surface area contributed by atoms with Gasteiger partial charge in [-0.05, 0) is 19.1 Å². The molecular formula is C11H12F3NO2. The first kappa shape index (κ1) is 13.5. The van der Waals surface area contributed by atoms with Gasteiger partial charge in [0.15, 0.2) is 0 Å². The van der Waals surface area contributed by atoms with Crippen LogP contribution in [0.15, 0.2) is 24.3 Å². The van der Waals surface area contributed by atoms with Crippen molar-refractivity contribution in [2.75, 3.05) is 6.61 Å². The highest BCUT2D eigenvalue weighted by molar-refractivity contribution is 5.96. The number of amides is 1. The van der Waals surface area contributed by atoms with Crippen LogP contribution in [0.1, 0.15) is 22.8 Å². The molecule has 0 radical (unpaired) electrons. The van der Waals surface area contributed by atoms with Crippen molar-refractivity contribution in [3.05, 3.63) is 35.4 Å². The Bertz CT molecular complexity index is 404. The molecule has 0 saturated carbocycles. The molecule has 0 aliphatic carbocycles. The maximum atomic E-state index is 12.6. The summed E-state index contributed by atoms with van der Waals surface area (Å²) in [5.74, 6) is -0.848. The van der Waals surface area contributed by atoms with Gasteiger partial charge in [0.1, 0.15) is 0 Å². The Morgan fingerprint density at radius 3 is 2.53 bits per heavy atom. The van der Waals surface area contributed by atoms with Crippen molar-refractivity contribution in [3.8, 4) is 0 Å². The third-order valence-electron chi connectivity index (χ3n) is 2.13. The molecule has 0 saturated heterocycles. The van der Waals surface area contributed by atoms with E-state index in [2.05, 4.69) is 5.32 Å². The van der Waals surface area contributed by atoms with E-state index in [9.17, 15) is 18.0 Å². The number of nitrogens with one attached hydrogen (secondary N) is 1. The molecule has 0 aromatic heterocycles. The maximum absolute atomic E-state index is 12.6. The van der Waals surface area contributed by atoms with Crippen LogP contribution in [0.2, 0.25) is 0 Å². The summed E-state index contributed by atoms with van der Waals surface area (Å²) in [7, 11) is 0. The summed E-state index contributed by atoms with van der Waals surface area (Å²) < 4.78 is 37.8. The van der Waals surface area contributed by atoms with Crippen LogP contribution in [0, 0.1) is 0 Å².